The molecule has 0 radical (unpaired) electrons. The maximum absolute atomic E-state index is 12.9. The normalized spacial score (nSPS) is 10.7. The van der Waals surface area contributed by atoms with Crippen molar-refractivity contribution >= 4 is 33.7 Å². The van der Waals surface area contributed by atoms with Crippen molar-refractivity contribution in [2.24, 2.45) is 0 Å². The molecule has 2 rings (SSSR count). The van der Waals surface area contributed by atoms with Crippen LogP contribution in [0.1, 0.15) is 12.5 Å². The molecule has 2 aromatic rings. The Bertz CT molecular complexity index is 687. The molecule has 0 aliphatic carbocycles. The maximum atomic E-state index is 12.9. The molecule has 0 fully saturated rings. The lowest BCUT2D eigenvalue weighted by Crippen LogP contribution is -2.09. The maximum Gasteiger partial charge on any atom is 0.249 e. The van der Waals surface area contributed by atoms with E-state index in [-0.39, 0.29) is 11.7 Å². The van der Waals surface area contributed by atoms with E-state index >= 15 is 0 Å². The minimum Gasteiger partial charge on any atom is -0.494 e. The van der Waals surface area contributed by atoms with Gasteiger partial charge in [0, 0.05) is 6.08 Å². The van der Waals surface area contributed by atoms with Gasteiger partial charge < -0.3 is 10.1 Å². The van der Waals surface area contributed by atoms with E-state index in [4.69, 9.17) is 4.74 Å². The molecule has 0 unspecified atom stereocenters. The monoisotopic (exact) mass is 364 g/mol. The van der Waals surface area contributed by atoms with Gasteiger partial charge in [-0.25, -0.2) is 9.37 Å². The third-order valence-corrected chi connectivity index (χ3v) is 3.27. The zero-order valence-electron chi connectivity index (χ0n) is 11.8. The predicted octanol–water partition coefficient (Wildman–Crippen LogP) is 4.03. The van der Waals surface area contributed by atoms with Gasteiger partial charge >= 0.3 is 0 Å². The first kappa shape index (κ1) is 16.2. The second-order valence-electron chi connectivity index (χ2n) is 4.31. The number of halogens is 2. The van der Waals surface area contributed by atoms with E-state index in [1.807, 2.05) is 31.2 Å². The molecule has 1 aromatic heterocycles. The van der Waals surface area contributed by atoms with Crippen molar-refractivity contribution < 1.29 is 13.9 Å². The number of aromatic nitrogens is 1. The highest BCUT2D eigenvalue weighted by atomic mass is 79.9. The van der Waals surface area contributed by atoms with E-state index < -0.39 is 5.82 Å². The molecule has 6 heteroatoms. The number of benzene rings is 1. The fraction of sp³-hybridized carbons (Fsp3) is 0.125. The van der Waals surface area contributed by atoms with Crippen molar-refractivity contribution in [2.45, 2.75) is 6.92 Å². The Kier molecular flexibility index (Phi) is 5.66. The second-order valence-corrected chi connectivity index (χ2v) is 5.16. The largest absolute Gasteiger partial charge is 0.494 e. The second kappa shape index (κ2) is 7.70. The van der Waals surface area contributed by atoms with E-state index in [1.165, 1.54) is 12.1 Å². The number of carbonyl (C=O) groups excluding carboxylic acids is 1. The van der Waals surface area contributed by atoms with Crippen LogP contribution in [0.15, 0.2) is 47.1 Å². The summed E-state index contributed by atoms with van der Waals surface area (Å²) in [7, 11) is 0. The van der Waals surface area contributed by atoms with Crippen LogP contribution in [0.5, 0.6) is 5.75 Å². The van der Waals surface area contributed by atoms with Crippen molar-refractivity contribution in [3.05, 3.63) is 58.5 Å². The third kappa shape index (κ3) is 4.66. The Morgan fingerprint density at radius 1 is 1.41 bits per heavy atom. The van der Waals surface area contributed by atoms with Crippen LogP contribution in [0.2, 0.25) is 0 Å². The number of anilines is 1. The molecular formula is C16H14BrFN2O2. The average Bonchev–Trinajstić information content (AvgIpc) is 2.50. The number of rotatable bonds is 5. The van der Waals surface area contributed by atoms with Crippen LogP contribution in [-0.2, 0) is 4.79 Å². The Balaban J connectivity index is 1.98. The molecule has 1 heterocycles. The highest BCUT2D eigenvalue weighted by molar-refractivity contribution is 9.10. The summed E-state index contributed by atoms with van der Waals surface area (Å²) in [5, 5.41) is 2.56. The summed E-state index contributed by atoms with van der Waals surface area (Å²) in [5.74, 6) is 0.217. The summed E-state index contributed by atoms with van der Waals surface area (Å²) in [5.41, 5.74) is 0.865. The van der Waals surface area contributed by atoms with Crippen LogP contribution >= 0.6 is 15.9 Å². The molecule has 0 spiro atoms. The molecule has 0 bridgehead atoms. The topological polar surface area (TPSA) is 51.2 Å². The number of nitrogens with zero attached hydrogens (tertiary/aromatic N) is 1. The van der Waals surface area contributed by atoms with Gasteiger partial charge in [0.15, 0.2) is 0 Å². The number of amides is 1. The molecule has 1 amide bonds. The Hall–Kier alpha value is -2.21. The molecule has 1 aromatic carbocycles. The van der Waals surface area contributed by atoms with Gasteiger partial charge in [-0.05, 0) is 52.7 Å². The molecule has 4 nitrogen and oxygen atoms in total. The molecule has 0 aliphatic heterocycles. The van der Waals surface area contributed by atoms with Crippen molar-refractivity contribution in [3.8, 4) is 5.75 Å². The van der Waals surface area contributed by atoms with Crippen LogP contribution in [0.25, 0.3) is 6.08 Å². The fourth-order valence-electron chi connectivity index (χ4n) is 1.68. The number of nitrogens with one attached hydrogen (secondary N) is 1. The molecule has 0 atom stereocenters. The molecule has 0 saturated heterocycles. The first-order valence-electron chi connectivity index (χ1n) is 6.61. The molecule has 114 valence electrons. The fourth-order valence-corrected chi connectivity index (χ4v) is 2.10. The minimum absolute atomic E-state index is 0.266. The first-order valence-corrected chi connectivity index (χ1v) is 7.40. The third-order valence-electron chi connectivity index (χ3n) is 2.67. The quantitative estimate of drug-likeness (QED) is 0.814. The van der Waals surface area contributed by atoms with E-state index in [0.717, 1.165) is 17.5 Å². The minimum atomic E-state index is -0.477. The van der Waals surface area contributed by atoms with Crippen molar-refractivity contribution in [1.82, 2.24) is 4.98 Å². The zero-order valence-corrected chi connectivity index (χ0v) is 13.4. The lowest BCUT2D eigenvalue weighted by Gasteiger charge is -2.04. The van der Waals surface area contributed by atoms with E-state index in [9.17, 15) is 9.18 Å². The van der Waals surface area contributed by atoms with Gasteiger partial charge in [0.2, 0.25) is 5.91 Å². The average molecular weight is 365 g/mol. The Morgan fingerprint density at radius 2 is 2.14 bits per heavy atom. The summed E-state index contributed by atoms with van der Waals surface area (Å²) >= 11 is 3.14. The van der Waals surface area contributed by atoms with Crippen LogP contribution < -0.4 is 10.1 Å². The SMILES string of the molecule is CCOc1ccc(/C=C/C(=O)Nc2ncc(F)cc2Br)cc1. The Morgan fingerprint density at radius 3 is 2.77 bits per heavy atom. The summed E-state index contributed by atoms with van der Waals surface area (Å²) in [4.78, 5) is 15.6. The number of ether oxygens (including phenoxy) is 1. The van der Waals surface area contributed by atoms with E-state index in [1.54, 1.807) is 6.08 Å². The lowest BCUT2D eigenvalue weighted by molar-refractivity contribution is -0.111. The zero-order chi connectivity index (χ0) is 15.9. The van der Waals surface area contributed by atoms with Gasteiger partial charge in [-0.2, -0.15) is 0 Å². The first-order chi connectivity index (χ1) is 10.6. The number of hydrogen-bond donors (Lipinski definition) is 1. The number of carbonyl (C=O) groups is 1. The molecular weight excluding hydrogens is 351 g/mol. The predicted molar refractivity (Wildman–Crippen MR) is 87.2 cm³/mol. The van der Waals surface area contributed by atoms with Crippen LogP contribution in [-0.4, -0.2) is 17.5 Å². The van der Waals surface area contributed by atoms with Crippen LogP contribution in [0, 0.1) is 5.82 Å². The molecule has 0 saturated carbocycles. The number of hydrogen-bond acceptors (Lipinski definition) is 3. The molecule has 0 aliphatic rings. The van der Waals surface area contributed by atoms with Gasteiger partial charge in [0.05, 0.1) is 17.3 Å². The number of pyridine rings is 1. The van der Waals surface area contributed by atoms with Crippen molar-refractivity contribution in [3.63, 3.8) is 0 Å². The van der Waals surface area contributed by atoms with Gasteiger partial charge in [0.1, 0.15) is 17.4 Å². The van der Waals surface area contributed by atoms with Gasteiger partial charge in [0.25, 0.3) is 0 Å². The van der Waals surface area contributed by atoms with Crippen LogP contribution in [0.4, 0.5) is 10.2 Å². The molecule has 1 N–H and O–H groups in total. The van der Waals surface area contributed by atoms with E-state index in [0.29, 0.717) is 11.1 Å². The molecule has 22 heavy (non-hydrogen) atoms. The smallest absolute Gasteiger partial charge is 0.249 e. The van der Waals surface area contributed by atoms with E-state index in [2.05, 4.69) is 26.2 Å². The van der Waals surface area contributed by atoms with Crippen molar-refractivity contribution in [2.75, 3.05) is 11.9 Å². The summed E-state index contributed by atoms with van der Waals surface area (Å²) in [6.45, 7) is 2.52. The standard InChI is InChI=1S/C16H14BrFN2O2/c1-2-22-13-6-3-11(4-7-13)5-8-15(21)20-16-14(17)9-12(18)10-19-16/h3-10H,2H2,1H3,(H,19,20,21)/b8-5+. The summed E-state index contributed by atoms with van der Waals surface area (Å²) < 4.78 is 18.6. The summed E-state index contributed by atoms with van der Waals surface area (Å²) in [6, 6.07) is 8.60. The highest BCUT2D eigenvalue weighted by Crippen LogP contribution is 2.20. The summed E-state index contributed by atoms with van der Waals surface area (Å²) in [6.07, 6.45) is 4.09. The van der Waals surface area contributed by atoms with Gasteiger partial charge in [-0.1, -0.05) is 12.1 Å². The highest BCUT2D eigenvalue weighted by Gasteiger charge is 2.05. The Labute approximate surface area is 136 Å². The van der Waals surface area contributed by atoms with Gasteiger partial charge in [-0.15, -0.1) is 0 Å². The van der Waals surface area contributed by atoms with Crippen molar-refractivity contribution in [1.29, 1.82) is 0 Å². The van der Waals surface area contributed by atoms with Gasteiger partial charge in [-0.3, -0.25) is 4.79 Å². The lowest BCUT2D eigenvalue weighted by atomic mass is 10.2. The van der Waals surface area contributed by atoms with Crippen LogP contribution in [0.3, 0.4) is 0 Å².